The van der Waals surface area contributed by atoms with E-state index in [1.165, 1.54) is 30.4 Å². The van der Waals surface area contributed by atoms with Crippen LogP contribution in [-0.4, -0.2) is 43.8 Å². The number of benzene rings is 1. The lowest BCUT2D eigenvalue weighted by Crippen LogP contribution is -2.42. The third-order valence-electron chi connectivity index (χ3n) is 6.27. The summed E-state index contributed by atoms with van der Waals surface area (Å²) in [5, 5.41) is 3.21. The third kappa shape index (κ3) is 3.16. The minimum absolute atomic E-state index is 0.126. The molecule has 4 rings (SSSR count). The summed E-state index contributed by atoms with van der Waals surface area (Å²) in [6, 6.07) is 8.84. The van der Waals surface area contributed by atoms with Crippen LogP contribution < -0.4 is 5.32 Å². The van der Waals surface area contributed by atoms with Crippen LogP contribution in [0.2, 0.25) is 0 Å². The molecule has 4 heteroatoms. The number of ether oxygens (including phenoxy) is 1. The molecule has 1 aromatic carbocycles. The highest BCUT2D eigenvalue weighted by Gasteiger charge is 2.41. The number of likely N-dealkylation sites (tertiary alicyclic amines) is 1. The first-order chi connectivity index (χ1) is 11.8. The molecule has 130 valence electrons. The maximum atomic E-state index is 12.6. The molecule has 1 aliphatic carbocycles. The van der Waals surface area contributed by atoms with Gasteiger partial charge in [-0.05, 0) is 55.1 Å². The second-order valence-corrected chi connectivity index (χ2v) is 7.76. The molecule has 1 spiro atoms. The van der Waals surface area contributed by atoms with Crippen LogP contribution in [0.15, 0.2) is 24.3 Å². The predicted octanol–water partition coefficient (Wildman–Crippen LogP) is 3.32. The number of urea groups is 1. The lowest BCUT2D eigenvalue weighted by Gasteiger charge is -2.33. The van der Waals surface area contributed by atoms with Crippen molar-refractivity contribution in [2.75, 3.05) is 32.8 Å². The number of carbonyl (C=O) groups is 1. The van der Waals surface area contributed by atoms with Gasteiger partial charge in [-0.1, -0.05) is 24.3 Å². The molecule has 2 aliphatic heterocycles. The molecule has 1 atom stereocenters. The smallest absolute Gasteiger partial charge is 0.317 e. The van der Waals surface area contributed by atoms with Gasteiger partial charge in [0.2, 0.25) is 0 Å². The van der Waals surface area contributed by atoms with Gasteiger partial charge in [0.1, 0.15) is 0 Å². The van der Waals surface area contributed by atoms with E-state index < -0.39 is 0 Å². The normalized spacial score (nSPS) is 25.5. The van der Waals surface area contributed by atoms with Gasteiger partial charge in [0, 0.05) is 38.8 Å². The van der Waals surface area contributed by atoms with Gasteiger partial charge in [0.05, 0.1) is 0 Å². The van der Waals surface area contributed by atoms with Crippen molar-refractivity contribution in [3.05, 3.63) is 35.4 Å². The van der Waals surface area contributed by atoms with Crippen LogP contribution in [0.5, 0.6) is 0 Å². The fourth-order valence-corrected chi connectivity index (χ4v) is 4.71. The number of hydrogen-bond donors (Lipinski definition) is 1. The van der Waals surface area contributed by atoms with E-state index in [9.17, 15) is 4.79 Å². The topological polar surface area (TPSA) is 41.6 Å². The van der Waals surface area contributed by atoms with Crippen molar-refractivity contribution < 1.29 is 9.53 Å². The Morgan fingerprint density at radius 1 is 1.25 bits per heavy atom. The van der Waals surface area contributed by atoms with Gasteiger partial charge in [0.15, 0.2) is 0 Å². The van der Waals surface area contributed by atoms with Gasteiger partial charge in [-0.15, -0.1) is 0 Å². The van der Waals surface area contributed by atoms with E-state index in [0.29, 0.717) is 11.3 Å². The number of carbonyl (C=O) groups excluding carboxylic acids is 1. The van der Waals surface area contributed by atoms with Crippen molar-refractivity contribution in [1.29, 1.82) is 0 Å². The monoisotopic (exact) mass is 328 g/mol. The molecule has 24 heavy (non-hydrogen) atoms. The fraction of sp³-hybridized carbons (Fsp3) is 0.650. The molecule has 1 N–H and O–H groups in total. The van der Waals surface area contributed by atoms with Gasteiger partial charge in [-0.25, -0.2) is 4.79 Å². The number of aryl methyl sites for hydroxylation is 1. The number of amides is 2. The van der Waals surface area contributed by atoms with Crippen LogP contribution in [0.3, 0.4) is 0 Å². The van der Waals surface area contributed by atoms with E-state index in [-0.39, 0.29) is 6.03 Å². The summed E-state index contributed by atoms with van der Waals surface area (Å²) in [6.45, 7) is 4.28. The summed E-state index contributed by atoms with van der Waals surface area (Å²) in [4.78, 5) is 14.6. The number of hydrogen-bond acceptors (Lipinski definition) is 2. The van der Waals surface area contributed by atoms with Crippen molar-refractivity contribution in [2.45, 2.75) is 44.4 Å². The molecule has 2 heterocycles. The van der Waals surface area contributed by atoms with Crippen molar-refractivity contribution in [2.24, 2.45) is 5.41 Å². The van der Waals surface area contributed by atoms with Crippen LogP contribution in [0.4, 0.5) is 4.79 Å². The Kier molecular flexibility index (Phi) is 4.49. The van der Waals surface area contributed by atoms with E-state index in [0.717, 1.165) is 52.1 Å². The molecular formula is C20H28N2O2. The summed E-state index contributed by atoms with van der Waals surface area (Å²) in [5.41, 5.74) is 3.23. The Labute approximate surface area is 144 Å². The van der Waals surface area contributed by atoms with Crippen LogP contribution in [0, 0.1) is 5.41 Å². The largest absolute Gasteiger partial charge is 0.381 e. The summed E-state index contributed by atoms with van der Waals surface area (Å²) < 4.78 is 5.49. The van der Waals surface area contributed by atoms with Crippen molar-refractivity contribution in [1.82, 2.24) is 10.2 Å². The maximum absolute atomic E-state index is 12.6. The van der Waals surface area contributed by atoms with Crippen molar-refractivity contribution in [3.63, 3.8) is 0 Å². The average Bonchev–Trinajstić information content (AvgIpc) is 3.03. The third-order valence-corrected chi connectivity index (χ3v) is 6.27. The molecule has 0 aromatic heterocycles. The second-order valence-electron chi connectivity index (χ2n) is 7.76. The quantitative estimate of drug-likeness (QED) is 0.905. The van der Waals surface area contributed by atoms with E-state index in [1.54, 1.807) is 0 Å². The van der Waals surface area contributed by atoms with Gasteiger partial charge < -0.3 is 15.0 Å². The van der Waals surface area contributed by atoms with Crippen molar-refractivity contribution in [3.8, 4) is 0 Å². The zero-order chi connectivity index (χ0) is 16.4. The summed E-state index contributed by atoms with van der Waals surface area (Å²) >= 11 is 0. The van der Waals surface area contributed by atoms with E-state index in [2.05, 4.69) is 29.6 Å². The molecule has 0 unspecified atom stereocenters. The summed E-state index contributed by atoms with van der Waals surface area (Å²) in [6.07, 6.45) is 6.93. The van der Waals surface area contributed by atoms with Crippen LogP contribution >= 0.6 is 0 Å². The molecule has 2 saturated heterocycles. The highest BCUT2D eigenvalue weighted by atomic mass is 16.5. The van der Waals surface area contributed by atoms with E-state index in [4.69, 9.17) is 4.74 Å². The Hall–Kier alpha value is -1.55. The first-order valence-corrected chi connectivity index (χ1v) is 9.44. The summed E-state index contributed by atoms with van der Waals surface area (Å²) in [7, 11) is 0. The maximum Gasteiger partial charge on any atom is 0.317 e. The molecule has 2 amide bonds. The Balaban J connectivity index is 1.33. The average molecular weight is 328 g/mol. The zero-order valence-corrected chi connectivity index (χ0v) is 14.4. The molecule has 4 nitrogen and oxygen atoms in total. The van der Waals surface area contributed by atoms with E-state index >= 15 is 0 Å². The van der Waals surface area contributed by atoms with Crippen LogP contribution in [0.25, 0.3) is 0 Å². The summed E-state index contributed by atoms with van der Waals surface area (Å²) in [5.74, 6) is 0.471. The second kappa shape index (κ2) is 6.75. The Bertz CT molecular complexity index is 595. The molecule has 0 radical (unpaired) electrons. The standard InChI is InChI=1S/C20H28N2O2/c23-19(22-11-8-20(15-22)9-12-24-13-10-20)21-14-17-6-3-5-16-4-1-2-7-18(16)17/h1-2,4,7,17H,3,5-6,8-15H2,(H,21,23)/t17-/m1/s1. The minimum atomic E-state index is 0.126. The lowest BCUT2D eigenvalue weighted by molar-refractivity contribution is 0.0208. The Morgan fingerprint density at radius 3 is 2.96 bits per heavy atom. The van der Waals surface area contributed by atoms with Gasteiger partial charge in [-0.3, -0.25) is 0 Å². The van der Waals surface area contributed by atoms with Gasteiger partial charge in [0.25, 0.3) is 0 Å². The number of nitrogens with one attached hydrogen (secondary N) is 1. The number of rotatable bonds is 2. The first kappa shape index (κ1) is 15.9. The molecule has 0 bridgehead atoms. The van der Waals surface area contributed by atoms with Crippen molar-refractivity contribution >= 4 is 6.03 Å². The fourth-order valence-electron chi connectivity index (χ4n) is 4.71. The number of nitrogens with zero attached hydrogens (tertiary/aromatic N) is 1. The highest BCUT2D eigenvalue weighted by molar-refractivity contribution is 5.74. The first-order valence-electron chi connectivity index (χ1n) is 9.44. The Morgan fingerprint density at radius 2 is 2.08 bits per heavy atom. The lowest BCUT2D eigenvalue weighted by atomic mass is 9.80. The predicted molar refractivity (Wildman–Crippen MR) is 94.2 cm³/mol. The molecular weight excluding hydrogens is 300 g/mol. The highest BCUT2D eigenvalue weighted by Crippen LogP contribution is 2.39. The molecule has 1 aromatic rings. The zero-order valence-electron chi connectivity index (χ0n) is 14.4. The molecule has 3 aliphatic rings. The van der Waals surface area contributed by atoms with E-state index in [1.807, 2.05) is 4.90 Å². The van der Waals surface area contributed by atoms with Gasteiger partial charge >= 0.3 is 6.03 Å². The molecule has 2 fully saturated rings. The SMILES string of the molecule is O=C(NC[C@H]1CCCc2ccccc21)N1CCC2(CCOCC2)C1. The van der Waals surface area contributed by atoms with Crippen LogP contribution in [0.1, 0.15) is 49.1 Å². The van der Waals surface area contributed by atoms with Gasteiger partial charge in [-0.2, -0.15) is 0 Å². The number of fused-ring (bicyclic) bond motifs is 1. The minimum Gasteiger partial charge on any atom is -0.381 e. The molecule has 0 saturated carbocycles. The van der Waals surface area contributed by atoms with Crippen LogP contribution in [-0.2, 0) is 11.2 Å².